The molecule has 2 aromatic carbocycles. The normalized spacial score (nSPS) is 26.9. The maximum absolute atomic E-state index is 3.61. The molecular formula is C21H23IrN. The van der Waals surface area contributed by atoms with E-state index in [4.69, 9.17) is 0 Å². The molecule has 1 radical (unpaired) electrons. The van der Waals surface area contributed by atoms with Crippen molar-refractivity contribution in [1.82, 2.24) is 4.90 Å². The van der Waals surface area contributed by atoms with Gasteiger partial charge in [-0.05, 0) is 32.1 Å². The summed E-state index contributed by atoms with van der Waals surface area (Å²) >= 11 is 0. The van der Waals surface area contributed by atoms with Gasteiger partial charge in [0, 0.05) is 27.2 Å². The van der Waals surface area contributed by atoms with Crippen LogP contribution in [0.1, 0.15) is 37.7 Å². The van der Waals surface area contributed by atoms with Crippen molar-refractivity contribution in [2.24, 2.45) is 0 Å². The average Bonchev–Trinajstić information content (AvgIpc) is 2.88. The zero-order valence-corrected chi connectivity index (χ0v) is 16.0. The summed E-state index contributed by atoms with van der Waals surface area (Å²) in [4.78, 5) is 2.47. The van der Waals surface area contributed by atoms with Crippen LogP contribution in [0.15, 0.2) is 48.5 Å². The van der Waals surface area contributed by atoms with Crippen molar-refractivity contribution in [2.45, 2.75) is 43.6 Å². The van der Waals surface area contributed by atoms with Gasteiger partial charge < -0.3 is 0 Å². The number of hydrogen-bond donors (Lipinski definition) is 0. The summed E-state index contributed by atoms with van der Waals surface area (Å²) in [5, 5.41) is 0. The van der Waals surface area contributed by atoms with Crippen molar-refractivity contribution < 1.29 is 20.1 Å². The predicted octanol–water partition coefficient (Wildman–Crippen LogP) is 4.83. The van der Waals surface area contributed by atoms with Crippen LogP contribution in [0, 0.1) is 12.6 Å². The molecule has 0 spiro atoms. The van der Waals surface area contributed by atoms with E-state index in [9.17, 15) is 0 Å². The van der Waals surface area contributed by atoms with Gasteiger partial charge in [-0.25, -0.2) is 0 Å². The molecule has 0 N–H and O–H groups in total. The van der Waals surface area contributed by atoms with Gasteiger partial charge in [0.25, 0.3) is 0 Å². The Bertz CT molecular complexity index is 633. The van der Waals surface area contributed by atoms with Crippen LogP contribution in [0.25, 0.3) is 11.1 Å². The number of likely N-dealkylation sites (N-methyl/N-ethyl adjacent to an activating group) is 1. The van der Waals surface area contributed by atoms with E-state index >= 15 is 0 Å². The van der Waals surface area contributed by atoms with Crippen molar-refractivity contribution in [3.05, 3.63) is 66.7 Å². The van der Waals surface area contributed by atoms with E-state index in [0.717, 1.165) is 6.04 Å². The van der Waals surface area contributed by atoms with Crippen molar-refractivity contribution in [2.75, 3.05) is 7.05 Å². The number of rotatable bonds is 2. The molecule has 2 heteroatoms. The molecule has 3 fully saturated rings. The second-order valence-corrected chi connectivity index (χ2v) is 6.89. The molecule has 2 atom stereocenters. The average molecular weight is 482 g/mol. The Kier molecular flexibility index (Phi) is 4.96. The predicted molar refractivity (Wildman–Crippen MR) is 91.3 cm³/mol. The van der Waals surface area contributed by atoms with Gasteiger partial charge in [0.2, 0.25) is 0 Å². The van der Waals surface area contributed by atoms with Crippen LogP contribution in [-0.2, 0) is 25.5 Å². The molecule has 1 saturated carbocycles. The molecule has 2 aliphatic heterocycles. The molecule has 0 aromatic heterocycles. The first-order chi connectivity index (χ1) is 10.8. The molecule has 2 unspecified atom stereocenters. The van der Waals surface area contributed by atoms with Crippen LogP contribution in [-0.4, -0.2) is 18.0 Å². The van der Waals surface area contributed by atoms with Crippen LogP contribution in [0.2, 0.25) is 0 Å². The molecule has 5 rings (SSSR count). The number of hydrogen-bond acceptors (Lipinski definition) is 1. The SMILES string of the molecule is CN1[CH+]C2(c3[c-]cc(-c4ccccc4)cc3)CCCC1CC2.[Ir]. The third-order valence-electron chi connectivity index (χ3n) is 5.57. The third kappa shape index (κ3) is 3.13. The Morgan fingerprint density at radius 2 is 1.87 bits per heavy atom. The minimum atomic E-state index is 0. The van der Waals surface area contributed by atoms with Crippen LogP contribution < -0.4 is 0 Å². The topological polar surface area (TPSA) is 3.24 Å². The van der Waals surface area contributed by atoms with Crippen LogP contribution in [0.3, 0.4) is 0 Å². The summed E-state index contributed by atoms with van der Waals surface area (Å²) in [7, 11) is 2.25. The molecule has 0 amide bonds. The summed E-state index contributed by atoms with van der Waals surface area (Å²) in [5.41, 5.74) is 4.13. The van der Waals surface area contributed by atoms with E-state index in [1.54, 1.807) is 0 Å². The minimum absolute atomic E-state index is 0. The first kappa shape index (κ1) is 16.8. The monoisotopic (exact) mass is 482 g/mol. The van der Waals surface area contributed by atoms with Crippen LogP contribution in [0.4, 0.5) is 0 Å². The first-order valence-corrected chi connectivity index (χ1v) is 8.42. The first-order valence-electron chi connectivity index (χ1n) is 8.42. The number of piperidine rings is 1. The molecule has 1 aliphatic carbocycles. The summed E-state index contributed by atoms with van der Waals surface area (Å²) < 4.78 is 0. The Hall–Kier alpha value is -1.08. The fourth-order valence-corrected chi connectivity index (χ4v) is 4.26. The van der Waals surface area contributed by atoms with E-state index in [1.165, 1.54) is 48.8 Å². The van der Waals surface area contributed by atoms with Gasteiger partial charge in [0.1, 0.15) is 5.41 Å². The fraction of sp³-hybridized carbons (Fsp3) is 0.381. The number of fused-ring (bicyclic) bond motifs is 4. The van der Waals surface area contributed by atoms with E-state index in [1.807, 2.05) is 0 Å². The Balaban J connectivity index is 0.00000156. The summed E-state index contributed by atoms with van der Waals surface area (Å²) in [6, 6.07) is 21.7. The van der Waals surface area contributed by atoms with Crippen molar-refractivity contribution in [3.63, 3.8) is 0 Å². The van der Waals surface area contributed by atoms with E-state index < -0.39 is 0 Å². The van der Waals surface area contributed by atoms with Gasteiger partial charge in [-0.1, -0.05) is 35.9 Å². The quantitative estimate of drug-likeness (QED) is 0.556. The summed E-state index contributed by atoms with van der Waals surface area (Å²) in [5.74, 6) is 0. The van der Waals surface area contributed by atoms with Gasteiger partial charge in [0.15, 0.2) is 6.54 Å². The Morgan fingerprint density at radius 1 is 1.04 bits per heavy atom. The van der Waals surface area contributed by atoms with Crippen LogP contribution >= 0.6 is 0 Å². The van der Waals surface area contributed by atoms with E-state index in [0.29, 0.717) is 0 Å². The Labute approximate surface area is 153 Å². The van der Waals surface area contributed by atoms with Crippen molar-refractivity contribution >= 4 is 0 Å². The maximum Gasteiger partial charge on any atom is 0.167 e. The fourth-order valence-electron chi connectivity index (χ4n) is 4.26. The number of nitrogens with zero attached hydrogens (tertiary/aromatic N) is 1. The van der Waals surface area contributed by atoms with Crippen molar-refractivity contribution in [3.8, 4) is 11.1 Å². The standard InChI is InChI=1S/C21H23N.Ir/c1-22-16-21(14-5-8-20(22)13-15-21)19-11-9-18(10-12-19)17-6-3-2-4-7-17;/h2-4,6-7,9-11,16,20H,5,8,13-15H2,1H3;. The molecule has 23 heavy (non-hydrogen) atoms. The molecule has 3 aliphatic rings. The summed E-state index contributed by atoms with van der Waals surface area (Å²) in [6.45, 7) is 2.49. The molecule has 2 saturated heterocycles. The van der Waals surface area contributed by atoms with Gasteiger partial charge in [-0.15, -0.1) is 16.0 Å². The van der Waals surface area contributed by atoms with Gasteiger partial charge in [0.05, 0.1) is 6.04 Å². The minimum Gasteiger partial charge on any atom is -0.175 e. The maximum atomic E-state index is 3.61. The largest absolute Gasteiger partial charge is 0.175 e. The van der Waals surface area contributed by atoms with Gasteiger partial charge >= 0.3 is 0 Å². The van der Waals surface area contributed by atoms with E-state index in [-0.39, 0.29) is 25.5 Å². The van der Waals surface area contributed by atoms with Crippen LogP contribution in [0.5, 0.6) is 0 Å². The van der Waals surface area contributed by atoms with Gasteiger partial charge in [-0.2, -0.15) is 24.3 Å². The molecular weight excluding hydrogens is 458 g/mol. The smallest absolute Gasteiger partial charge is 0.167 e. The second-order valence-electron chi connectivity index (χ2n) is 6.89. The zero-order valence-electron chi connectivity index (χ0n) is 13.6. The number of benzene rings is 2. The molecule has 2 bridgehead atoms. The zero-order chi connectivity index (χ0) is 15.0. The molecule has 2 heterocycles. The third-order valence-corrected chi connectivity index (χ3v) is 5.57. The molecule has 1 nitrogen and oxygen atoms in total. The van der Waals surface area contributed by atoms with Gasteiger partial charge in [-0.3, -0.25) is 0 Å². The summed E-state index contributed by atoms with van der Waals surface area (Å²) in [6.07, 6.45) is 6.55. The molecule has 121 valence electrons. The Morgan fingerprint density at radius 3 is 2.57 bits per heavy atom. The van der Waals surface area contributed by atoms with E-state index in [2.05, 4.69) is 73.1 Å². The molecule has 2 aromatic rings. The van der Waals surface area contributed by atoms with Crippen molar-refractivity contribution in [1.29, 1.82) is 0 Å². The second kappa shape index (κ2) is 6.81.